The summed E-state index contributed by atoms with van der Waals surface area (Å²) in [4.78, 5) is 2.19. The van der Waals surface area contributed by atoms with Gasteiger partial charge in [-0.1, -0.05) is 24.3 Å². The van der Waals surface area contributed by atoms with Crippen molar-refractivity contribution < 1.29 is 9.84 Å². The Kier molecular flexibility index (Phi) is 4.99. The molecule has 0 aliphatic heterocycles. The fourth-order valence-electron chi connectivity index (χ4n) is 2.36. The number of hydrogen-bond acceptors (Lipinski definition) is 3. The fourth-order valence-corrected chi connectivity index (χ4v) is 2.36. The van der Waals surface area contributed by atoms with Crippen molar-refractivity contribution >= 4 is 0 Å². The summed E-state index contributed by atoms with van der Waals surface area (Å²) in [6, 6.07) is 14.8. The van der Waals surface area contributed by atoms with Crippen LogP contribution < -0.4 is 4.74 Å². The number of aliphatic hydroxyl groups is 1. The van der Waals surface area contributed by atoms with Crippen LogP contribution in [-0.2, 0) is 6.61 Å². The first kappa shape index (κ1) is 15.5. The molecular formula is C18H23NO2. The molecule has 112 valence electrons. The van der Waals surface area contributed by atoms with E-state index in [1.807, 2.05) is 18.2 Å². The predicted octanol–water partition coefficient (Wildman–Crippen LogP) is 3.48. The van der Waals surface area contributed by atoms with E-state index in [1.165, 1.54) is 5.56 Å². The van der Waals surface area contributed by atoms with Gasteiger partial charge in [-0.2, -0.15) is 0 Å². The van der Waals surface area contributed by atoms with Crippen molar-refractivity contribution in [2.75, 3.05) is 21.2 Å². The molecule has 21 heavy (non-hydrogen) atoms. The molecule has 2 aromatic carbocycles. The van der Waals surface area contributed by atoms with Gasteiger partial charge in [0.05, 0.1) is 13.7 Å². The van der Waals surface area contributed by atoms with Gasteiger partial charge in [0.2, 0.25) is 0 Å². The number of methoxy groups -OCH3 is 1. The lowest BCUT2D eigenvalue weighted by Crippen LogP contribution is -2.16. The monoisotopic (exact) mass is 285 g/mol. The van der Waals surface area contributed by atoms with Crippen LogP contribution in [0.5, 0.6) is 5.75 Å². The van der Waals surface area contributed by atoms with Gasteiger partial charge in [-0.25, -0.2) is 0 Å². The molecule has 0 spiro atoms. The van der Waals surface area contributed by atoms with Crippen LogP contribution in [0.25, 0.3) is 11.1 Å². The van der Waals surface area contributed by atoms with Crippen LogP contribution in [0.15, 0.2) is 42.5 Å². The standard InChI is InChI=1S/C18H23NO2/c1-13(19(2)3)14-6-5-7-15(10-14)16-8-9-18(21-4)17(11-16)12-20/h5-11,13,20H,12H2,1-4H3/t13-/m0/s1. The van der Waals surface area contributed by atoms with Gasteiger partial charge in [-0.3, -0.25) is 0 Å². The Hall–Kier alpha value is -1.84. The van der Waals surface area contributed by atoms with Crippen molar-refractivity contribution in [3.63, 3.8) is 0 Å². The van der Waals surface area contributed by atoms with Crippen molar-refractivity contribution in [1.82, 2.24) is 4.90 Å². The lowest BCUT2D eigenvalue weighted by molar-refractivity contribution is 0.274. The van der Waals surface area contributed by atoms with Crippen molar-refractivity contribution in [3.05, 3.63) is 53.6 Å². The summed E-state index contributed by atoms with van der Waals surface area (Å²) in [6.07, 6.45) is 0. The molecule has 0 fully saturated rings. The third-order valence-corrected chi connectivity index (χ3v) is 3.93. The number of aliphatic hydroxyl groups excluding tert-OH is 1. The Morgan fingerprint density at radius 2 is 1.81 bits per heavy atom. The summed E-state index contributed by atoms with van der Waals surface area (Å²) in [7, 11) is 5.77. The second-order valence-electron chi connectivity index (χ2n) is 5.45. The lowest BCUT2D eigenvalue weighted by Gasteiger charge is -2.20. The maximum Gasteiger partial charge on any atom is 0.124 e. The Balaban J connectivity index is 2.40. The van der Waals surface area contributed by atoms with Crippen LogP contribution in [0, 0.1) is 0 Å². The second kappa shape index (κ2) is 6.74. The summed E-state index contributed by atoms with van der Waals surface area (Å²) in [5.41, 5.74) is 4.33. The molecule has 0 saturated heterocycles. The van der Waals surface area contributed by atoms with E-state index in [1.54, 1.807) is 7.11 Å². The maximum atomic E-state index is 9.45. The van der Waals surface area contributed by atoms with Gasteiger partial charge in [-0.05, 0) is 55.9 Å². The molecule has 2 aromatic rings. The zero-order valence-corrected chi connectivity index (χ0v) is 13.1. The van der Waals surface area contributed by atoms with E-state index in [2.05, 4.69) is 50.2 Å². The van der Waals surface area contributed by atoms with Crippen LogP contribution >= 0.6 is 0 Å². The minimum atomic E-state index is -0.0230. The SMILES string of the molecule is COc1ccc(-c2cccc([C@H](C)N(C)C)c2)cc1CO. The van der Waals surface area contributed by atoms with Crippen LogP contribution in [0.3, 0.4) is 0 Å². The van der Waals surface area contributed by atoms with Gasteiger partial charge >= 0.3 is 0 Å². The quantitative estimate of drug-likeness (QED) is 0.913. The molecule has 0 amide bonds. The second-order valence-corrected chi connectivity index (χ2v) is 5.45. The minimum absolute atomic E-state index is 0.0230. The summed E-state index contributed by atoms with van der Waals surface area (Å²) >= 11 is 0. The highest BCUT2D eigenvalue weighted by molar-refractivity contribution is 5.66. The number of hydrogen-bond donors (Lipinski definition) is 1. The highest BCUT2D eigenvalue weighted by Crippen LogP contribution is 2.29. The van der Waals surface area contributed by atoms with Crippen LogP contribution in [0.4, 0.5) is 0 Å². The van der Waals surface area contributed by atoms with E-state index in [-0.39, 0.29) is 6.61 Å². The molecule has 0 saturated carbocycles. The Morgan fingerprint density at radius 3 is 2.43 bits per heavy atom. The molecule has 0 aliphatic carbocycles. The third-order valence-electron chi connectivity index (χ3n) is 3.93. The Labute approximate surface area is 126 Å². The van der Waals surface area contributed by atoms with Gasteiger partial charge in [0.1, 0.15) is 5.75 Å². The first-order chi connectivity index (χ1) is 10.1. The lowest BCUT2D eigenvalue weighted by atomic mass is 9.98. The molecule has 3 nitrogen and oxygen atoms in total. The molecular weight excluding hydrogens is 262 g/mol. The van der Waals surface area contributed by atoms with E-state index in [0.717, 1.165) is 22.4 Å². The smallest absolute Gasteiger partial charge is 0.124 e. The summed E-state index contributed by atoms with van der Waals surface area (Å²) < 4.78 is 5.25. The third kappa shape index (κ3) is 3.43. The topological polar surface area (TPSA) is 32.7 Å². The van der Waals surface area contributed by atoms with Gasteiger partial charge in [0.15, 0.2) is 0 Å². The molecule has 0 aromatic heterocycles. The molecule has 1 atom stereocenters. The number of ether oxygens (including phenoxy) is 1. The molecule has 0 bridgehead atoms. The highest BCUT2D eigenvalue weighted by atomic mass is 16.5. The number of rotatable bonds is 5. The van der Waals surface area contributed by atoms with Crippen molar-refractivity contribution in [1.29, 1.82) is 0 Å². The van der Waals surface area contributed by atoms with E-state index >= 15 is 0 Å². The van der Waals surface area contributed by atoms with Crippen LogP contribution in [-0.4, -0.2) is 31.2 Å². The first-order valence-corrected chi connectivity index (χ1v) is 7.11. The van der Waals surface area contributed by atoms with E-state index in [4.69, 9.17) is 4.74 Å². The van der Waals surface area contributed by atoms with Gasteiger partial charge in [0.25, 0.3) is 0 Å². The van der Waals surface area contributed by atoms with Gasteiger partial charge in [0, 0.05) is 11.6 Å². The van der Waals surface area contributed by atoms with Crippen LogP contribution in [0.2, 0.25) is 0 Å². The molecule has 0 unspecified atom stereocenters. The molecule has 2 rings (SSSR count). The Morgan fingerprint density at radius 1 is 1.10 bits per heavy atom. The number of nitrogens with zero attached hydrogens (tertiary/aromatic N) is 1. The zero-order valence-electron chi connectivity index (χ0n) is 13.1. The summed E-state index contributed by atoms with van der Waals surface area (Å²) in [6.45, 7) is 2.16. The predicted molar refractivity (Wildman–Crippen MR) is 86.5 cm³/mol. The largest absolute Gasteiger partial charge is 0.496 e. The van der Waals surface area contributed by atoms with E-state index in [9.17, 15) is 5.11 Å². The minimum Gasteiger partial charge on any atom is -0.496 e. The molecule has 0 radical (unpaired) electrons. The molecule has 1 N–H and O–H groups in total. The molecule has 0 aliphatic rings. The zero-order chi connectivity index (χ0) is 15.4. The average Bonchev–Trinajstić information content (AvgIpc) is 2.53. The van der Waals surface area contributed by atoms with Crippen LogP contribution in [0.1, 0.15) is 24.1 Å². The van der Waals surface area contributed by atoms with Gasteiger partial charge < -0.3 is 14.7 Å². The van der Waals surface area contributed by atoms with E-state index < -0.39 is 0 Å². The summed E-state index contributed by atoms with van der Waals surface area (Å²) in [5, 5.41) is 9.45. The highest BCUT2D eigenvalue weighted by Gasteiger charge is 2.10. The first-order valence-electron chi connectivity index (χ1n) is 7.11. The van der Waals surface area contributed by atoms with Crippen molar-refractivity contribution in [2.45, 2.75) is 19.6 Å². The van der Waals surface area contributed by atoms with Gasteiger partial charge in [-0.15, -0.1) is 0 Å². The molecule has 0 heterocycles. The molecule has 3 heteroatoms. The van der Waals surface area contributed by atoms with Crippen molar-refractivity contribution in [2.24, 2.45) is 0 Å². The maximum absolute atomic E-state index is 9.45. The summed E-state index contributed by atoms with van der Waals surface area (Å²) in [5.74, 6) is 0.721. The van der Waals surface area contributed by atoms with E-state index in [0.29, 0.717) is 6.04 Å². The average molecular weight is 285 g/mol. The fraction of sp³-hybridized carbons (Fsp3) is 0.333. The Bertz CT molecular complexity index is 608. The number of benzene rings is 2. The van der Waals surface area contributed by atoms with Crippen molar-refractivity contribution in [3.8, 4) is 16.9 Å². The normalized spacial score (nSPS) is 12.5.